The average Bonchev–Trinajstić information content (AvgIpc) is 2.35. The zero-order valence-electron chi connectivity index (χ0n) is 10.1. The van der Waals surface area contributed by atoms with Crippen molar-refractivity contribution < 1.29 is 9.53 Å². The lowest BCUT2D eigenvalue weighted by molar-refractivity contribution is -0.131. The summed E-state index contributed by atoms with van der Waals surface area (Å²) in [4.78, 5) is 13.2. The molecule has 0 aliphatic rings. The molecule has 0 saturated carbocycles. The highest BCUT2D eigenvalue weighted by Gasteiger charge is 2.09. The molecule has 1 amide bonds. The summed E-state index contributed by atoms with van der Waals surface area (Å²) in [5.41, 5.74) is 6.50. The van der Waals surface area contributed by atoms with Crippen LogP contribution in [0.25, 0.3) is 0 Å². The van der Waals surface area contributed by atoms with Crippen molar-refractivity contribution in [3.8, 4) is 5.75 Å². The smallest absolute Gasteiger partial charge is 0.260 e. The van der Waals surface area contributed by atoms with E-state index in [-0.39, 0.29) is 12.5 Å². The van der Waals surface area contributed by atoms with E-state index in [0.717, 1.165) is 10.0 Å². The Balaban J connectivity index is 2.66. The van der Waals surface area contributed by atoms with Gasteiger partial charge in [-0.15, -0.1) is 0 Å². The number of likely N-dealkylation sites (N-methyl/N-ethyl adjacent to an activating group) is 1. The largest absolute Gasteiger partial charge is 0.483 e. The molecule has 0 aliphatic heterocycles. The number of carbonyl (C=O) groups is 1. The lowest BCUT2D eigenvalue weighted by Crippen LogP contribution is -2.31. The zero-order chi connectivity index (χ0) is 12.8. The van der Waals surface area contributed by atoms with Gasteiger partial charge in [-0.2, -0.15) is 0 Å². The highest BCUT2D eigenvalue weighted by molar-refractivity contribution is 9.10. The van der Waals surface area contributed by atoms with Crippen LogP contribution in [0.1, 0.15) is 12.5 Å². The van der Waals surface area contributed by atoms with Crippen molar-refractivity contribution >= 4 is 21.8 Å². The van der Waals surface area contributed by atoms with Crippen LogP contribution in [-0.2, 0) is 11.3 Å². The Morgan fingerprint density at radius 1 is 1.53 bits per heavy atom. The minimum Gasteiger partial charge on any atom is -0.483 e. The van der Waals surface area contributed by atoms with Crippen molar-refractivity contribution in [3.05, 3.63) is 28.2 Å². The third kappa shape index (κ3) is 4.02. The minimum absolute atomic E-state index is 0.0406. The van der Waals surface area contributed by atoms with Crippen molar-refractivity contribution in [2.75, 3.05) is 20.2 Å². The third-order valence-corrected chi connectivity index (χ3v) is 2.99. The molecular formula is C12H17BrN2O2. The first-order valence-corrected chi connectivity index (χ1v) is 6.23. The predicted octanol–water partition coefficient (Wildman–Crippen LogP) is 1.76. The molecule has 2 N–H and O–H groups in total. The van der Waals surface area contributed by atoms with E-state index in [0.29, 0.717) is 18.8 Å². The molecule has 0 fully saturated rings. The van der Waals surface area contributed by atoms with E-state index in [1.807, 2.05) is 25.1 Å². The molecule has 1 aromatic carbocycles. The van der Waals surface area contributed by atoms with Crippen molar-refractivity contribution in [3.63, 3.8) is 0 Å². The Bertz CT molecular complexity index is 396. The summed E-state index contributed by atoms with van der Waals surface area (Å²) in [6.07, 6.45) is 0. The van der Waals surface area contributed by atoms with Gasteiger partial charge in [0.1, 0.15) is 5.75 Å². The molecule has 0 aromatic heterocycles. The molecule has 0 atom stereocenters. The van der Waals surface area contributed by atoms with Crippen LogP contribution < -0.4 is 10.5 Å². The monoisotopic (exact) mass is 300 g/mol. The maximum absolute atomic E-state index is 11.6. The van der Waals surface area contributed by atoms with Gasteiger partial charge in [0.2, 0.25) is 0 Å². The summed E-state index contributed by atoms with van der Waals surface area (Å²) in [6.45, 7) is 3.01. The maximum atomic E-state index is 11.6. The van der Waals surface area contributed by atoms with Crippen molar-refractivity contribution in [2.45, 2.75) is 13.5 Å². The summed E-state index contributed by atoms with van der Waals surface area (Å²) in [6, 6.07) is 5.57. The van der Waals surface area contributed by atoms with E-state index < -0.39 is 0 Å². The fraction of sp³-hybridized carbons (Fsp3) is 0.417. The highest BCUT2D eigenvalue weighted by atomic mass is 79.9. The first-order valence-electron chi connectivity index (χ1n) is 5.43. The van der Waals surface area contributed by atoms with Crippen molar-refractivity contribution in [1.82, 2.24) is 4.90 Å². The van der Waals surface area contributed by atoms with E-state index >= 15 is 0 Å². The molecular weight excluding hydrogens is 284 g/mol. The van der Waals surface area contributed by atoms with Gasteiger partial charge in [0.15, 0.2) is 6.61 Å². The van der Waals surface area contributed by atoms with Gasteiger partial charge in [-0.05, 0) is 25.1 Å². The Hall–Kier alpha value is -1.07. The Morgan fingerprint density at radius 3 is 2.82 bits per heavy atom. The van der Waals surface area contributed by atoms with Gasteiger partial charge < -0.3 is 15.4 Å². The second-order valence-corrected chi connectivity index (χ2v) is 4.57. The third-order valence-electron chi connectivity index (χ3n) is 2.49. The van der Waals surface area contributed by atoms with E-state index in [2.05, 4.69) is 15.9 Å². The number of nitrogens with zero attached hydrogens (tertiary/aromatic N) is 1. The molecule has 4 nitrogen and oxygen atoms in total. The lowest BCUT2D eigenvalue weighted by atomic mass is 10.2. The van der Waals surface area contributed by atoms with Gasteiger partial charge in [0.05, 0.1) is 0 Å². The van der Waals surface area contributed by atoms with Crippen LogP contribution in [0.4, 0.5) is 0 Å². The average molecular weight is 301 g/mol. The quantitative estimate of drug-likeness (QED) is 0.901. The van der Waals surface area contributed by atoms with Gasteiger partial charge in [-0.25, -0.2) is 0 Å². The van der Waals surface area contributed by atoms with Crippen LogP contribution in [0, 0.1) is 0 Å². The fourth-order valence-corrected chi connectivity index (χ4v) is 1.68. The molecule has 5 heteroatoms. The van der Waals surface area contributed by atoms with E-state index in [4.69, 9.17) is 10.5 Å². The number of rotatable bonds is 5. The fourth-order valence-electron chi connectivity index (χ4n) is 1.27. The molecule has 0 bridgehead atoms. The normalized spacial score (nSPS) is 10.1. The van der Waals surface area contributed by atoms with Crippen LogP contribution >= 0.6 is 15.9 Å². The number of nitrogens with two attached hydrogens (primary N) is 1. The summed E-state index contributed by atoms with van der Waals surface area (Å²) >= 11 is 3.37. The minimum atomic E-state index is -0.0432. The van der Waals surface area contributed by atoms with Crippen LogP contribution in [0.3, 0.4) is 0 Å². The Morgan fingerprint density at radius 2 is 2.24 bits per heavy atom. The summed E-state index contributed by atoms with van der Waals surface area (Å²) in [7, 11) is 1.75. The van der Waals surface area contributed by atoms with Gasteiger partial charge in [0.25, 0.3) is 5.91 Å². The first-order chi connectivity index (χ1) is 8.08. The molecule has 0 aliphatic carbocycles. The number of carbonyl (C=O) groups excluding carboxylic acids is 1. The number of hydrogen-bond acceptors (Lipinski definition) is 3. The van der Waals surface area contributed by atoms with E-state index in [1.165, 1.54) is 0 Å². The second kappa shape index (κ2) is 6.61. The zero-order valence-corrected chi connectivity index (χ0v) is 11.7. The highest BCUT2D eigenvalue weighted by Crippen LogP contribution is 2.22. The number of hydrogen-bond donors (Lipinski definition) is 1. The van der Waals surface area contributed by atoms with Crippen LogP contribution in [0.15, 0.2) is 22.7 Å². The van der Waals surface area contributed by atoms with Gasteiger partial charge >= 0.3 is 0 Å². The molecule has 0 saturated heterocycles. The molecule has 0 heterocycles. The van der Waals surface area contributed by atoms with Crippen molar-refractivity contribution in [2.24, 2.45) is 5.73 Å². The van der Waals surface area contributed by atoms with Crippen LogP contribution in [0.2, 0.25) is 0 Å². The SMILES string of the molecule is CCN(C)C(=O)COc1ccc(Br)cc1CN. The molecule has 1 rings (SSSR count). The number of amides is 1. The molecule has 1 aromatic rings. The number of ether oxygens (including phenoxy) is 1. The van der Waals surface area contributed by atoms with Crippen molar-refractivity contribution in [1.29, 1.82) is 0 Å². The van der Waals surface area contributed by atoms with Crippen LogP contribution in [0.5, 0.6) is 5.75 Å². The summed E-state index contributed by atoms with van der Waals surface area (Å²) in [5, 5.41) is 0. The Kier molecular flexibility index (Phi) is 5.44. The molecule has 0 unspecified atom stereocenters. The lowest BCUT2D eigenvalue weighted by Gasteiger charge is -2.16. The van der Waals surface area contributed by atoms with Gasteiger partial charge in [-0.3, -0.25) is 4.79 Å². The summed E-state index contributed by atoms with van der Waals surface area (Å²) < 4.78 is 6.42. The molecule has 0 radical (unpaired) electrons. The maximum Gasteiger partial charge on any atom is 0.260 e. The number of benzene rings is 1. The summed E-state index contributed by atoms with van der Waals surface area (Å²) in [5.74, 6) is 0.618. The molecule has 94 valence electrons. The van der Waals surface area contributed by atoms with Crippen LogP contribution in [-0.4, -0.2) is 31.0 Å². The first kappa shape index (κ1) is 14.0. The Labute approximate surface area is 110 Å². The molecule has 0 spiro atoms. The second-order valence-electron chi connectivity index (χ2n) is 3.65. The van der Waals surface area contributed by atoms with E-state index in [1.54, 1.807) is 11.9 Å². The van der Waals surface area contributed by atoms with Gasteiger partial charge in [0, 0.05) is 30.2 Å². The predicted molar refractivity (Wildman–Crippen MR) is 70.8 cm³/mol. The topological polar surface area (TPSA) is 55.6 Å². The van der Waals surface area contributed by atoms with Gasteiger partial charge in [-0.1, -0.05) is 15.9 Å². The molecule has 17 heavy (non-hydrogen) atoms. The van der Waals surface area contributed by atoms with E-state index in [9.17, 15) is 4.79 Å². The standard InChI is InChI=1S/C12H17BrN2O2/c1-3-15(2)12(16)8-17-11-5-4-10(13)6-9(11)7-14/h4-6H,3,7-8,14H2,1-2H3. The number of halogens is 1.